The van der Waals surface area contributed by atoms with Gasteiger partial charge < -0.3 is 5.32 Å². The Kier molecular flexibility index (Phi) is 5.43. The Labute approximate surface area is 129 Å². The minimum absolute atomic E-state index is 0.116. The van der Waals surface area contributed by atoms with Crippen LogP contribution >= 0.6 is 0 Å². The maximum atomic E-state index is 11.7. The number of amides is 2. The first-order valence-corrected chi connectivity index (χ1v) is 6.87. The van der Waals surface area contributed by atoms with E-state index in [1.165, 1.54) is 6.92 Å². The number of carbonyl (C=O) groups excluding carboxylic acids is 2. The summed E-state index contributed by atoms with van der Waals surface area (Å²) in [6.45, 7) is 1.46. The molecular formula is C17H17N3O2. The highest BCUT2D eigenvalue weighted by Gasteiger charge is 2.00. The van der Waals surface area contributed by atoms with Gasteiger partial charge in [-0.2, -0.15) is 5.10 Å². The molecule has 112 valence electrons. The Hall–Kier alpha value is -2.95. The van der Waals surface area contributed by atoms with Crippen molar-refractivity contribution in [3.05, 3.63) is 65.7 Å². The number of rotatable bonds is 5. The van der Waals surface area contributed by atoms with E-state index >= 15 is 0 Å². The van der Waals surface area contributed by atoms with Crippen LogP contribution in [-0.4, -0.2) is 18.0 Å². The maximum Gasteiger partial charge on any atom is 0.244 e. The number of hydrazone groups is 1. The maximum absolute atomic E-state index is 11.7. The molecule has 2 aromatic carbocycles. The predicted octanol–water partition coefficient (Wildman–Crippen LogP) is 2.34. The Balaban J connectivity index is 1.84. The lowest BCUT2D eigenvalue weighted by Crippen LogP contribution is -2.19. The Morgan fingerprint density at radius 1 is 1.05 bits per heavy atom. The van der Waals surface area contributed by atoms with E-state index in [1.807, 2.05) is 30.3 Å². The third-order valence-corrected chi connectivity index (χ3v) is 2.84. The molecule has 0 aliphatic carbocycles. The molecule has 0 aromatic heterocycles. The Morgan fingerprint density at radius 2 is 1.73 bits per heavy atom. The SMILES string of the molecule is CC(=O)Nc1ccc(/C=N\NC(=O)Cc2ccccc2)cc1. The van der Waals surface area contributed by atoms with Gasteiger partial charge in [-0.05, 0) is 23.3 Å². The molecule has 0 unspecified atom stereocenters. The number of benzene rings is 2. The Bertz CT molecular complexity index is 664. The summed E-state index contributed by atoms with van der Waals surface area (Å²) in [5, 5.41) is 6.60. The number of nitrogens with zero attached hydrogens (tertiary/aromatic N) is 1. The first kappa shape index (κ1) is 15.4. The molecular weight excluding hydrogens is 278 g/mol. The van der Waals surface area contributed by atoms with Gasteiger partial charge in [0.05, 0.1) is 12.6 Å². The zero-order valence-corrected chi connectivity index (χ0v) is 12.2. The summed E-state index contributed by atoms with van der Waals surface area (Å²) in [5.74, 6) is -0.285. The van der Waals surface area contributed by atoms with Crippen molar-refractivity contribution >= 4 is 23.7 Å². The van der Waals surface area contributed by atoms with E-state index in [9.17, 15) is 9.59 Å². The highest BCUT2D eigenvalue weighted by Crippen LogP contribution is 2.07. The number of hydrogen-bond donors (Lipinski definition) is 2. The highest BCUT2D eigenvalue weighted by molar-refractivity contribution is 5.89. The van der Waals surface area contributed by atoms with Gasteiger partial charge in [0.15, 0.2) is 0 Å². The minimum Gasteiger partial charge on any atom is -0.326 e. The number of nitrogens with one attached hydrogen (secondary N) is 2. The average Bonchev–Trinajstić information content (AvgIpc) is 2.49. The number of hydrogen-bond acceptors (Lipinski definition) is 3. The van der Waals surface area contributed by atoms with E-state index in [0.29, 0.717) is 6.42 Å². The zero-order chi connectivity index (χ0) is 15.8. The summed E-state index contributed by atoms with van der Waals surface area (Å²) >= 11 is 0. The zero-order valence-electron chi connectivity index (χ0n) is 12.2. The third kappa shape index (κ3) is 5.20. The van der Waals surface area contributed by atoms with Crippen molar-refractivity contribution in [3.8, 4) is 0 Å². The van der Waals surface area contributed by atoms with Gasteiger partial charge in [0, 0.05) is 12.6 Å². The molecule has 0 aliphatic rings. The molecule has 0 radical (unpaired) electrons. The molecule has 0 fully saturated rings. The third-order valence-electron chi connectivity index (χ3n) is 2.84. The van der Waals surface area contributed by atoms with Crippen molar-refractivity contribution in [1.82, 2.24) is 5.43 Å². The van der Waals surface area contributed by atoms with Gasteiger partial charge in [-0.1, -0.05) is 42.5 Å². The molecule has 0 saturated heterocycles. The van der Waals surface area contributed by atoms with E-state index in [0.717, 1.165) is 16.8 Å². The first-order valence-electron chi connectivity index (χ1n) is 6.87. The smallest absolute Gasteiger partial charge is 0.244 e. The molecule has 0 heterocycles. The molecule has 0 saturated carbocycles. The fraction of sp³-hybridized carbons (Fsp3) is 0.118. The Morgan fingerprint density at radius 3 is 2.36 bits per heavy atom. The van der Waals surface area contributed by atoms with Crippen LogP contribution in [0.5, 0.6) is 0 Å². The summed E-state index contributed by atoms with van der Waals surface area (Å²) < 4.78 is 0. The first-order chi connectivity index (χ1) is 10.6. The standard InChI is InChI=1S/C17H17N3O2/c1-13(21)19-16-9-7-15(8-10-16)12-18-20-17(22)11-14-5-3-2-4-6-14/h2-10,12H,11H2,1H3,(H,19,21)(H,20,22)/b18-12-. The van der Waals surface area contributed by atoms with Crippen LogP contribution in [0.25, 0.3) is 0 Å². The lowest BCUT2D eigenvalue weighted by molar-refractivity contribution is -0.120. The van der Waals surface area contributed by atoms with Crippen molar-refractivity contribution in [2.45, 2.75) is 13.3 Å². The lowest BCUT2D eigenvalue weighted by atomic mass is 10.1. The van der Waals surface area contributed by atoms with Crippen LogP contribution in [0.15, 0.2) is 59.7 Å². The van der Waals surface area contributed by atoms with Crippen LogP contribution in [-0.2, 0) is 16.0 Å². The molecule has 2 N–H and O–H groups in total. The summed E-state index contributed by atoms with van der Waals surface area (Å²) in [6, 6.07) is 16.6. The van der Waals surface area contributed by atoms with Gasteiger partial charge in [-0.3, -0.25) is 9.59 Å². The van der Waals surface area contributed by atoms with E-state index in [-0.39, 0.29) is 11.8 Å². The van der Waals surface area contributed by atoms with E-state index in [2.05, 4.69) is 15.8 Å². The van der Waals surface area contributed by atoms with E-state index in [1.54, 1.807) is 30.5 Å². The molecule has 22 heavy (non-hydrogen) atoms. The monoisotopic (exact) mass is 295 g/mol. The summed E-state index contributed by atoms with van der Waals surface area (Å²) in [7, 11) is 0. The number of anilines is 1. The lowest BCUT2D eigenvalue weighted by Gasteiger charge is -2.02. The highest BCUT2D eigenvalue weighted by atomic mass is 16.2. The van der Waals surface area contributed by atoms with Crippen molar-refractivity contribution in [2.24, 2.45) is 5.10 Å². The van der Waals surface area contributed by atoms with Crippen molar-refractivity contribution in [1.29, 1.82) is 0 Å². The molecule has 2 rings (SSSR count). The fourth-order valence-electron chi connectivity index (χ4n) is 1.86. The fourth-order valence-corrected chi connectivity index (χ4v) is 1.86. The molecule has 0 bridgehead atoms. The minimum atomic E-state index is -0.169. The summed E-state index contributed by atoms with van der Waals surface area (Å²) in [4.78, 5) is 22.6. The van der Waals surface area contributed by atoms with Crippen LogP contribution in [0.4, 0.5) is 5.69 Å². The summed E-state index contributed by atoms with van der Waals surface area (Å²) in [5.41, 5.74) is 4.97. The second-order valence-corrected chi connectivity index (χ2v) is 4.76. The number of carbonyl (C=O) groups is 2. The van der Waals surface area contributed by atoms with Gasteiger partial charge >= 0.3 is 0 Å². The van der Waals surface area contributed by atoms with Gasteiger partial charge in [-0.25, -0.2) is 5.43 Å². The van der Waals surface area contributed by atoms with E-state index in [4.69, 9.17) is 0 Å². The summed E-state index contributed by atoms with van der Waals surface area (Å²) in [6.07, 6.45) is 1.85. The quantitative estimate of drug-likeness (QED) is 0.656. The van der Waals surface area contributed by atoms with Crippen LogP contribution in [0, 0.1) is 0 Å². The van der Waals surface area contributed by atoms with E-state index < -0.39 is 0 Å². The van der Waals surface area contributed by atoms with Crippen LogP contribution < -0.4 is 10.7 Å². The molecule has 5 nitrogen and oxygen atoms in total. The van der Waals surface area contributed by atoms with Crippen molar-refractivity contribution in [3.63, 3.8) is 0 Å². The second kappa shape index (κ2) is 7.73. The van der Waals surface area contributed by atoms with Gasteiger partial charge in [0.25, 0.3) is 0 Å². The average molecular weight is 295 g/mol. The molecule has 0 aliphatic heterocycles. The predicted molar refractivity (Wildman–Crippen MR) is 86.6 cm³/mol. The molecule has 5 heteroatoms. The second-order valence-electron chi connectivity index (χ2n) is 4.76. The van der Waals surface area contributed by atoms with Crippen LogP contribution in [0.3, 0.4) is 0 Å². The molecule has 2 aromatic rings. The van der Waals surface area contributed by atoms with Crippen molar-refractivity contribution < 1.29 is 9.59 Å². The van der Waals surface area contributed by atoms with Gasteiger partial charge in [0.2, 0.25) is 11.8 Å². The molecule has 0 atom stereocenters. The van der Waals surface area contributed by atoms with Gasteiger partial charge in [0.1, 0.15) is 0 Å². The molecule has 0 spiro atoms. The largest absolute Gasteiger partial charge is 0.326 e. The van der Waals surface area contributed by atoms with Gasteiger partial charge in [-0.15, -0.1) is 0 Å². The topological polar surface area (TPSA) is 70.6 Å². The van der Waals surface area contributed by atoms with Crippen LogP contribution in [0.1, 0.15) is 18.1 Å². The van der Waals surface area contributed by atoms with Crippen molar-refractivity contribution in [2.75, 3.05) is 5.32 Å². The van der Waals surface area contributed by atoms with Crippen LogP contribution in [0.2, 0.25) is 0 Å². The normalized spacial score (nSPS) is 10.4. The molecule has 2 amide bonds.